The van der Waals surface area contributed by atoms with Gasteiger partial charge in [-0.15, -0.1) is 0 Å². The Hall–Kier alpha value is -3.13. The van der Waals surface area contributed by atoms with Crippen LogP contribution in [0.2, 0.25) is 0 Å². The molecule has 122 valence electrons. The van der Waals surface area contributed by atoms with Crippen molar-refractivity contribution in [2.45, 2.75) is 26.4 Å². The van der Waals surface area contributed by atoms with Gasteiger partial charge in [0.05, 0.1) is 17.5 Å². The van der Waals surface area contributed by atoms with E-state index < -0.39 is 6.10 Å². The molecule has 0 unspecified atom stereocenters. The first-order valence-electron chi connectivity index (χ1n) is 7.72. The molecule has 0 bridgehead atoms. The number of anilines is 1. The lowest BCUT2D eigenvalue weighted by molar-refractivity contribution is -0.126. The van der Waals surface area contributed by atoms with Gasteiger partial charge in [0.15, 0.2) is 0 Å². The zero-order chi connectivity index (χ0) is 17.4. The Morgan fingerprint density at radius 1 is 1.29 bits per heavy atom. The van der Waals surface area contributed by atoms with Crippen molar-refractivity contribution in [2.75, 3.05) is 5.32 Å². The number of oxime groups is 1. The van der Waals surface area contributed by atoms with Crippen LogP contribution in [0.3, 0.4) is 0 Å². The van der Waals surface area contributed by atoms with Gasteiger partial charge in [0, 0.05) is 0 Å². The van der Waals surface area contributed by atoms with Gasteiger partial charge in [0.1, 0.15) is 6.07 Å². The molecule has 2 aromatic rings. The van der Waals surface area contributed by atoms with Crippen molar-refractivity contribution in [3.63, 3.8) is 0 Å². The van der Waals surface area contributed by atoms with Crippen molar-refractivity contribution in [1.29, 1.82) is 5.26 Å². The van der Waals surface area contributed by atoms with Crippen molar-refractivity contribution in [3.8, 4) is 6.07 Å². The van der Waals surface area contributed by atoms with Crippen molar-refractivity contribution in [3.05, 3.63) is 65.2 Å². The molecule has 0 fully saturated rings. The van der Waals surface area contributed by atoms with E-state index in [2.05, 4.69) is 17.4 Å². The number of carbonyl (C=O) groups is 1. The molecular formula is C19H19N3O2. The SMILES string of the molecule is CCc1ccc(/C=N\O[C@@H](C)C(=O)Nc2ccccc2C#N)cc1. The molecule has 0 heterocycles. The van der Waals surface area contributed by atoms with Gasteiger partial charge in [-0.25, -0.2) is 0 Å². The van der Waals surface area contributed by atoms with E-state index in [1.165, 1.54) is 5.56 Å². The number of hydrogen-bond acceptors (Lipinski definition) is 4. The van der Waals surface area contributed by atoms with Gasteiger partial charge < -0.3 is 10.2 Å². The van der Waals surface area contributed by atoms with E-state index in [1.54, 1.807) is 37.4 Å². The smallest absolute Gasteiger partial charge is 0.268 e. The van der Waals surface area contributed by atoms with Crippen LogP contribution in [0.5, 0.6) is 0 Å². The number of nitrogens with zero attached hydrogens (tertiary/aromatic N) is 2. The fourth-order valence-corrected chi connectivity index (χ4v) is 1.99. The topological polar surface area (TPSA) is 74.5 Å². The molecule has 2 rings (SSSR count). The van der Waals surface area contributed by atoms with Crippen molar-refractivity contribution >= 4 is 17.8 Å². The molecule has 1 amide bonds. The zero-order valence-electron chi connectivity index (χ0n) is 13.7. The van der Waals surface area contributed by atoms with Crippen LogP contribution in [-0.4, -0.2) is 18.2 Å². The van der Waals surface area contributed by atoms with E-state index in [-0.39, 0.29) is 5.91 Å². The molecule has 2 aromatic carbocycles. The van der Waals surface area contributed by atoms with Gasteiger partial charge in [0.2, 0.25) is 6.10 Å². The predicted molar refractivity (Wildman–Crippen MR) is 93.7 cm³/mol. The summed E-state index contributed by atoms with van der Waals surface area (Å²) in [6.07, 6.45) is 1.77. The summed E-state index contributed by atoms with van der Waals surface area (Å²) in [6.45, 7) is 3.69. The van der Waals surface area contributed by atoms with Crippen LogP contribution in [0, 0.1) is 11.3 Å². The zero-order valence-corrected chi connectivity index (χ0v) is 13.7. The number of benzene rings is 2. The average Bonchev–Trinajstić information content (AvgIpc) is 2.62. The van der Waals surface area contributed by atoms with Crippen molar-refractivity contribution < 1.29 is 9.63 Å². The Morgan fingerprint density at radius 3 is 2.67 bits per heavy atom. The highest BCUT2D eigenvalue weighted by Crippen LogP contribution is 2.14. The van der Waals surface area contributed by atoms with E-state index in [4.69, 9.17) is 10.1 Å². The molecule has 1 atom stereocenters. The van der Waals surface area contributed by atoms with Crippen LogP contribution in [0.4, 0.5) is 5.69 Å². The maximum Gasteiger partial charge on any atom is 0.268 e. The maximum absolute atomic E-state index is 12.1. The number of nitriles is 1. The van der Waals surface area contributed by atoms with Crippen LogP contribution in [0.25, 0.3) is 0 Å². The summed E-state index contributed by atoms with van der Waals surface area (Å²) in [4.78, 5) is 17.3. The molecule has 0 aromatic heterocycles. The molecule has 0 saturated heterocycles. The molecule has 5 nitrogen and oxygen atoms in total. The van der Waals surface area contributed by atoms with Crippen LogP contribution in [-0.2, 0) is 16.1 Å². The molecule has 0 spiro atoms. The third-order valence-corrected chi connectivity index (χ3v) is 3.48. The number of hydrogen-bond donors (Lipinski definition) is 1. The molecule has 24 heavy (non-hydrogen) atoms. The normalized spacial score (nSPS) is 11.7. The molecule has 0 aliphatic heterocycles. The summed E-state index contributed by atoms with van der Waals surface area (Å²) in [5.41, 5.74) is 3.00. The molecule has 0 aliphatic rings. The summed E-state index contributed by atoms with van der Waals surface area (Å²) < 4.78 is 0. The third-order valence-electron chi connectivity index (χ3n) is 3.48. The van der Waals surface area contributed by atoms with Crippen LogP contribution < -0.4 is 5.32 Å². The quantitative estimate of drug-likeness (QED) is 0.653. The number of para-hydroxylation sites is 1. The Kier molecular flexibility index (Phi) is 6.09. The summed E-state index contributed by atoms with van der Waals surface area (Å²) in [5.74, 6) is -0.365. The Balaban J connectivity index is 1.91. The predicted octanol–water partition coefficient (Wildman–Crippen LogP) is 3.50. The largest absolute Gasteiger partial charge is 0.383 e. The first kappa shape index (κ1) is 17.2. The lowest BCUT2D eigenvalue weighted by atomic mass is 10.1. The van der Waals surface area contributed by atoms with Crippen molar-refractivity contribution in [1.82, 2.24) is 0 Å². The van der Waals surface area contributed by atoms with Gasteiger partial charge in [-0.05, 0) is 36.6 Å². The van der Waals surface area contributed by atoms with E-state index >= 15 is 0 Å². The maximum atomic E-state index is 12.1. The highest BCUT2D eigenvalue weighted by molar-refractivity contribution is 5.95. The Bertz CT molecular complexity index is 761. The fraction of sp³-hybridized carbons (Fsp3) is 0.211. The molecule has 0 saturated carbocycles. The number of amides is 1. The van der Waals surface area contributed by atoms with Gasteiger partial charge in [-0.1, -0.05) is 48.5 Å². The third kappa shape index (κ3) is 4.68. The average molecular weight is 321 g/mol. The van der Waals surface area contributed by atoms with Crippen LogP contribution >= 0.6 is 0 Å². The minimum atomic E-state index is -0.775. The van der Waals surface area contributed by atoms with Gasteiger partial charge in [0.25, 0.3) is 5.91 Å². The monoisotopic (exact) mass is 321 g/mol. The lowest BCUT2D eigenvalue weighted by Crippen LogP contribution is -2.26. The first-order chi connectivity index (χ1) is 11.6. The summed E-state index contributed by atoms with van der Waals surface area (Å²) in [5, 5.41) is 15.5. The van der Waals surface area contributed by atoms with Crippen LogP contribution in [0.15, 0.2) is 53.7 Å². The lowest BCUT2D eigenvalue weighted by Gasteiger charge is -2.11. The van der Waals surface area contributed by atoms with E-state index in [1.807, 2.05) is 30.3 Å². The van der Waals surface area contributed by atoms with Crippen molar-refractivity contribution in [2.24, 2.45) is 5.16 Å². The number of aryl methyl sites for hydroxylation is 1. The molecule has 1 N–H and O–H groups in total. The van der Waals surface area contributed by atoms with Gasteiger partial charge in [-0.2, -0.15) is 5.26 Å². The summed E-state index contributed by atoms with van der Waals surface area (Å²) in [6, 6.07) is 16.8. The number of carbonyl (C=O) groups excluding carboxylic acids is 1. The second-order valence-electron chi connectivity index (χ2n) is 5.22. The van der Waals surface area contributed by atoms with Gasteiger partial charge in [-0.3, -0.25) is 4.79 Å². The molecular weight excluding hydrogens is 302 g/mol. The Morgan fingerprint density at radius 2 is 2.00 bits per heavy atom. The first-order valence-corrected chi connectivity index (χ1v) is 7.72. The number of nitrogens with one attached hydrogen (secondary N) is 1. The summed E-state index contributed by atoms with van der Waals surface area (Å²) >= 11 is 0. The van der Waals surface area contributed by atoms with E-state index in [0.29, 0.717) is 11.3 Å². The fourth-order valence-electron chi connectivity index (χ4n) is 1.99. The molecule has 0 aliphatic carbocycles. The number of rotatable bonds is 6. The second kappa shape index (κ2) is 8.49. The van der Waals surface area contributed by atoms with Crippen LogP contribution in [0.1, 0.15) is 30.5 Å². The minimum Gasteiger partial charge on any atom is -0.383 e. The minimum absolute atomic E-state index is 0.365. The highest BCUT2D eigenvalue weighted by atomic mass is 16.6. The van der Waals surface area contributed by atoms with Gasteiger partial charge >= 0.3 is 0 Å². The second-order valence-corrected chi connectivity index (χ2v) is 5.22. The van der Waals surface area contributed by atoms with E-state index in [9.17, 15) is 4.79 Å². The summed E-state index contributed by atoms with van der Waals surface area (Å²) in [7, 11) is 0. The highest BCUT2D eigenvalue weighted by Gasteiger charge is 2.15. The van der Waals surface area contributed by atoms with E-state index in [0.717, 1.165) is 12.0 Å². The molecule has 5 heteroatoms. The standard InChI is InChI=1S/C19H19N3O2/c1-3-15-8-10-16(11-9-15)13-21-24-14(2)19(23)22-18-7-5-4-6-17(18)12-20/h4-11,13-14H,3H2,1-2H3,(H,22,23)/b21-13-/t14-/m0/s1. The Labute approximate surface area is 141 Å². The molecule has 0 radical (unpaired) electrons.